The van der Waals surface area contributed by atoms with Crippen molar-refractivity contribution in [3.8, 4) is 0 Å². The highest BCUT2D eigenvalue weighted by Crippen LogP contribution is 2.17. The molecule has 0 unspecified atom stereocenters. The van der Waals surface area contributed by atoms with Crippen molar-refractivity contribution in [3.63, 3.8) is 0 Å². The Kier molecular flexibility index (Phi) is 4.91. The fourth-order valence-electron chi connectivity index (χ4n) is 1.09. The molecule has 0 aliphatic rings. The molecule has 0 saturated carbocycles. The molecule has 0 saturated heterocycles. The monoisotopic (exact) mass is 321 g/mol. The van der Waals surface area contributed by atoms with Crippen molar-refractivity contribution >= 4 is 32.0 Å². The van der Waals surface area contributed by atoms with Gasteiger partial charge in [0.25, 0.3) is 10.2 Å². The van der Waals surface area contributed by atoms with Crippen LogP contribution in [0.2, 0.25) is 0 Å². The molecule has 17 heavy (non-hydrogen) atoms. The quantitative estimate of drug-likeness (QED) is 0.872. The first kappa shape index (κ1) is 14.4. The lowest BCUT2D eigenvalue weighted by molar-refractivity contribution is 0.564. The summed E-state index contributed by atoms with van der Waals surface area (Å²) in [7, 11) is -3.54. The molecular weight excluding hydrogens is 306 g/mol. The maximum atomic E-state index is 11.7. The molecule has 1 aromatic rings. The Hall–Kier alpha value is -0.660. The van der Waals surface area contributed by atoms with E-state index in [-0.39, 0.29) is 5.92 Å². The minimum atomic E-state index is -3.54. The first-order valence-corrected chi connectivity index (χ1v) is 7.47. The topological polar surface area (TPSA) is 71.1 Å². The highest BCUT2D eigenvalue weighted by atomic mass is 79.9. The average molecular weight is 322 g/mol. The van der Waals surface area contributed by atoms with E-state index in [9.17, 15) is 8.42 Å². The minimum absolute atomic E-state index is 0.255. The summed E-state index contributed by atoms with van der Waals surface area (Å²) in [5.74, 6) is 0.593. The Balaban J connectivity index is 2.76. The third-order valence-corrected chi connectivity index (χ3v) is 3.40. The molecular formula is C10H16BrN3O2S. The lowest BCUT2D eigenvalue weighted by atomic mass is 10.2. The van der Waals surface area contributed by atoms with Crippen LogP contribution in [0.15, 0.2) is 16.7 Å². The summed E-state index contributed by atoms with van der Waals surface area (Å²) in [5, 5.41) is 0. The molecule has 2 N–H and O–H groups in total. The maximum Gasteiger partial charge on any atom is 0.300 e. The van der Waals surface area contributed by atoms with Gasteiger partial charge in [-0.25, -0.2) is 4.98 Å². The molecule has 0 radical (unpaired) electrons. The van der Waals surface area contributed by atoms with Crippen LogP contribution in [0.3, 0.4) is 0 Å². The summed E-state index contributed by atoms with van der Waals surface area (Å²) >= 11 is 3.27. The van der Waals surface area contributed by atoms with Crippen molar-refractivity contribution in [2.45, 2.75) is 20.8 Å². The summed E-state index contributed by atoms with van der Waals surface area (Å²) in [6, 6.07) is 1.80. The zero-order valence-electron chi connectivity index (χ0n) is 9.99. The predicted octanol–water partition coefficient (Wildman–Crippen LogP) is 2.05. The van der Waals surface area contributed by atoms with E-state index in [1.165, 1.54) is 0 Å². The zero-order valence-corrected chi connectivity index (χ0v) is 12.4. The minimum Gasteiger partial charge on any atom is -0.254 e. The number of halogens is 1. The van der Waals surface area contributed by atoms with Gasteiger partial charge in [-0.2, -0.15) is 13.1 Å². The number of nitrogens with one attached hydrogen (secondary N) is 2. The molecule has 1 rings (SSSR count). The number of nitrogens with zero attached hydrogens (tertiary/aromatic N) is 1. The molecule has 0 spiro atoms. The first-order chi connectivity index (χ1) is 7.80. The predicted molar refractivity (Wildman–Crippen MR) is 72.1 cm³/mol. The fourth-order valence-corrected chi connectivity index (χ4v) is 2.63. The van der Waals surface area contributed by atoms with Crippen LogP contribution >= 0.6 is 15.9 Å². The van der Waals surface area contributed by atoms with E-state index in [1.54, 1.807) is 19.2 Å². The number of hydrogen-bond acceptors (Lipinski definition) is 3. The Bertz CT molecular complexity index is 488. The molecule has 0 bridgehead atoms. The van der Waals surface area contributed by atoms with E-state index >= 15 is 0 Å². The number of rotatable bonds is 5. The van der Waals surface area contributed by atoms with Crippen molar-refractivity contribution in [2.75, 3.05) is 11.3 Å². The fraction of sp³-hybridized carbons (Fsp3) is 0.500. The van der Waals surface area contributed by atoms with Crippen LogP contribution in [0.1, 0.15) is 19.4 Å². The molecule has 1 aromatic heterocycles. The summed E-state index contributed by atoms with van der Waals surface area (Å²) in [4.78, 5) is 4.01. The van der Waals surface area contributed by atoms with E-state index < -0.39 is 10.2 Å². The van der Waals surface area contributed by atoms with Crippen molar-refractivity contribution in [2.24, 2.45) is 5.92 Å². The van der Waals surface area contributed by atoms with Crippen LogP contribution in [0, 0.1) is 12.8 Å². The average Bonchev–Trinajstić information content (AvgIpc) is 2.20. The molecule has 1 heterocycles. The van der Waals surface area contributed by atoms with Crippen LogP contribution in [0.25, 0.3) is 0 Å². The third kappa shape index (κ3) is 5.01. The second-order valence-corrected chi connectivity index (χ2v) is 6.58. The number of aryl methyl sites for hydroxylation is 1. The van der Waals surface area contributed by atoms with Crippen LogP contribution in [-0.4, -0.2) is 19.9 Å². The summed E-state index contributed by atoms with van der Waals surface area (Å²) in [6.45, 7) is 6.06. The molecule has 0 amide bonds. The van der Waals surface area contributed by atoms with Gasteiger partial charge < -0.3 is 0 Å². The van der Waals surface area contributed by atoms with Crippen LogP contribution in [0.4, 0.5) is 5.82 Å². The van der Waals surface area contributed by atoms with Gasteiger partial charge >= 0.3 is 0 Å². The van der Waals surface area contributed by atoms with Gasteiger partial charge in [-0.15, -0.1) is 0 Å². The molecule has 96 valence electrons. The highest BCUT2D eigenvalue weighted by molar-refractivity contribution is 9.10. The Morgan fingerprint density at radius 3 is 2.65 bits per heavy atom. The zero-order chi connectivity index (χ0) is 13.1. The van der Waals surface area contributed by atoms with Gasteiger partial charge in [-0.1, -0.05) is 13.8 Å². The number of pyridine rings is 1. The summed E-state index contributed by atoms with van der Waals surface area (Å²) in [5.41, 5.74) is 0.759. The number of hydrogen-bond donors (Lipinski definition) is 2. The highest BCUT2D eigenvalue weighted by Gasteiger charge is 2.12. The van der Waals surface area contributed by atoms with Gasteiger partial charge in [0.05, 0.1) is 0 Å². The smallest absolute Gasteiger partial charge is 0.254 e. The van der Waals surface area contributed by atoms with E-state index in [1.807, 2.05) is 13.8 Å². The van der Waals surface area contributed by atoms with E-state index in [0.717, 1.165) is 10.0 Å². The van der Waals surface area contributed by atoms with Crippen molar-refractivity contribution in [3.05, 3.63) is 22.3 Å². The van der Waals surface area contributed by atoms with Crippen molar-refractivity contribution in [1.29, 1.82) is 0 Å². The molecule has 5 nitrogen and oxygen atoms in total. The van der Waals surface area contributed by atoms with Crippen LogP contribution < -0.4 is 9.44 Å². The van der Waals surface area contributed by atoms with Gasteiger partial charge in [-0.3, -0.25) is 4.72 Å². The standard InChI is InChI=1S/C10H16BrN3O2S/c1-7(2)5-13-17(15,16)14-10-8(3)4-9(11)6-12-10/h4,6-7,13H,5H2,1-3H3,(H,12,14). The molecule has 0 atom stereocenters. The lowest BCUT2D eigenvalue weighted by Crippen LogP contribution is -2.33. The van der Waals surface area contributed by atoms with E-state index in [2.05, 4.69) is 30.4 Å². The molecule has 0 aromatic carbocycles. The van der Waals surface area contributed by atoms with Gasteiger partial charge in [0, 0.05) is 17.2 Å². The number of aromatic nitrogens is 1. The van der Waals surface area contributed by atoms with E-state index in [0.29, 0.717) is 12.4 Å². The second-order valence-electron chi connectivity index (χ2n) is 4.17. The van der Waals surface area contributed by atoms with Crippen molar-refractivity contribution < 1.29 is 8.42 Å². The summed E-state index contributed by atoms with van der Waals surface area (Å²) in [6.07, 6.45) is 1.55. The Morgan fingerprint density at radius 1 is 1.47 bits per heavy atom. The molecule has 0 aliphatic heterocycles. The third-order valence-electron chi connectivity index (χ3n) is 1.96. The molecule has 7 heteroatoms. The van der Waals surface area contributed by atoms with Crippen LogP contribution in [-0.2, 0) is 10.2 Å². The number of anilines is 1. The summed E-state index contributed by atoms with van der Waals surface area (Å²) < 4.78 is 29.0. The second kappa shape index (κ2) is 5.79. The molecule has 0 fully saturated rings. The van der Waals surface area contributed by atoms with Crippen molar-refractivity contribution in [1.82, 2.24) is 9.71 Å². The Morgan fingerprint density at radius 2 is 2.12 bits per heavy atom. The molecule has 0 aliphatic carbocycles. The lowest BCUT2D eigenvalue weighted by Gasteiger charge is -2.11. The first-order valence-electron chi connectivity index (χ1n) is 5.19. The largest absolute Gasteiger partial charge is 0.300 e. The maximum absolute atomic E-state index is 11.7. The van der Waals surface area contributed by atoms with Gasteiger partial charge in [-0.05, 0) is 40.4 Å². The Labute approximate surface area is 110 Å². The van der Waals surface area contributed by atoms with Gasteiger partial charge in [0.1, 0.15) is 5.82 Å². The van der Waals surface area contributed by atoms with E-state index in [4.69, 9.17) is 0 Å². The SMILES string of the molecule is Cc1cc(Br)cnc1NS(=O)(=O)NCC(C)C. The normalized spacial score (nSPS) is 11.8. The van der Waals surface area contributed by atoms with Crippen LogP contribution in [0.5, 0.6) is 0 Å². The van der Waals surface area contributed by atoms with Gasteiger partial charge in [0.15, 0.2) is 0 Å². The van der Waals surface area contributed by atoms with Gasteiger partial charge in [0.2, 0.25) is 0 Å².